The number of nitrogens with zero attached hydrogens (tertiary/aromatic N) is 2. The first-order valence-electron chi connectivity index (χ1n) is 10.7. The van der Waals surface area contributed by atoms with Gasteiger partial charge >= 0.3 is 6.03 Å². The Morgan fingerprint density at radius 1 is 0.735 bits per heavy atom. The van der Waals surface area contributed by atoms with E-state index < -0.39 is 5.82 Å². The molecule has 0 aromatic heterocycles. The lowest BCUT2D eigenvalue weighted by atomic mass is 10.1. The predicted octanol–water partition coefficient (Wildman–Crippen LogP) is 4.72. The van der Waals surface area contributed by atoms with Crippen molar-refractivity contribution in [3.05, 3.63) is 94.8 Å². The maximum Gasteiger partial charge on any atom is 0.323 e. The zero-order valence-corrected chi connectivity index (χ0v) is 18.9. The number of urea groups is 1. The van der Waals surface area contributed by atoms with Crippen LogP contribution in [0.15, 0.2) is 72.8 Å². The van der Waals surface area contributed by atoms with E-state index in [1.165, 1.54) is 12.1 Å². The van der Waals surface area contributed by atoms with E-state index >= 15 is 0 Å². The third kappa shape index (κ3) is 5.52. The van der Waals surface area contributed by atoms with Crippen LogP contribution in [-0.2, 0) is 0 Å². The number of halogens is 2. The minimum Gasteiger partial charge on any atom is -0.335 e. The number of carbonyl (C=O) groups excluding carboxylic acids is 3. The zero-order valence-electron chi connectivity index (χ0n) is 18.1. The molecule has 2 N–H and O–H groups in total. The number of amides is 4. The molecule has 174 valence electrons. The zero-order chi connectivity index (χ0) is 24.1. The first kappa shape index (κ1) is 23.3. The van der Waals surface area contributed by atoms with E-state index in [4.69, 9.17) is 11.6 Å². The molecule has 3 aromatic rings. The van der Waals surface area contributed by atoms with Crippen molar-refractivity contribution >= 4 is 40.8 Å². The van der Waals surface area contributed by atoms with Crippen LogP contribution >= 0.6 is 11.6 Å². The number of piperazine rings is 1. The van der Waals surface area contributed by atoms with E-state index in [-0.39, 0.29) is 28.4 Å². The van der Waals surface area contributed by atoms with Crippen molar-refractivity contribution in [2.45, 2.75) is 0 Å². The first-order valence-corrected chi connectivity index (χ1v) is 11.1. The average Bonchev–Trinajstić information content (AvgIpc) is 2.84. The Morgan fingerprint density at radius 2 is 1.29 bits per heavy atom. The molecule has 4 rings (SSSR count). The summed E-state index contributed by atoms with van der Waals surface area (Å²) in [5.41, 5.74) is 1.94. The quantitative estimate of drug-likeness (QED) is 0.567. The highest BCUT2D eigenvalue weighted by atomic mass is 35.5. The molecule has 1 fully saturated rings. The fraction of sp³-hybridized carbons (Fsp3) is 0.160. The van der Waals surface area contributed by atoms with Gasteiger partial charge in [-0.25, -0.2) is 9.18 Å². The molecule has 1 aliphatic heterocycles. The van der Waals surface area contributed by atoms with Gasteiger partial charge in [-0.1, -0.05) is 29.8 Å². The molecule has 0 atom stereocenters. The van der Waals surface area contributed by atoms with Crippen LogP contribution in [0.25, 0.3) is 0 Å². The van der Waals surface area contributed by atoms with E-state index in [2.05, 4.69) is 10.6 Å². The molecule has 1 aliphatic rings. The minimum absolute atomic E-state index is 0.0645. The average molecular weight is 481 g/mol. The number of nitrogens with one attached hydrogen (secondary N) is 2. The number of hydrogen-bond acceptors (Lipinski definition) is 3. The number of benzene rings is 3. The second-order valence-corrected chi connectivity index (χ2v) is 8.14. The van der Waals surface area contributed by atoms with Crippen molar-refractivity contribution in [1.29, 1.82) is 0 Å². The molecule has 34 heavy (non-hydrogen) atoms. The van der Waals surface area contributed by atoms with Crippen molar-refractivity contribution in [2.24, 2.45) is 0 Å². The Bertz CT molecular complexity index is 1200. The fourth-order valence-corrected chi connectivity index (χ4v) is 3.89. The summed E-state index contributed by atoms with van der Waals surface area (Å²) in [7, 11) is 0. The first-order chi connectivity index (χ1) is 16.4. The largest absolute Gasteiger partial charge is 0.335 e. The normalized spacial score (nSPS) is 13.4. The molecule has 7 nitrogen and oxygen atoms in total. The summed E-state index contributed by atoms with van der Waals surface area (Å²) in [6, 6.07) is 19.0. The van der Waals surface area contributed by atoms with Crippen LogP contribution in [0, 0.1) is 5.82 Å². The van der Waals surface area contributed by atoms with Crippen LogP contribution in [-0.4, -0.2) is 53.8 Å². The van der Waals surface area contributed by atoms with E-state index in [9.17, 15) is 18.8 Å². The van der Waals surface area contributed by atoms with E-state index in [0.29, 0.717) is 43.1 Å². The van der Waals surface area contributed by atoms with Gasteiger partial charge in [-0.05, 0) is 54.6 Å². The molecule has 0 saturated carbocycles. The highest BCUT2D eigenvalue weighted by Gasteiger charge is 2.26. The van der Waals surface area contributed by atoms with E-state index in [1.807, 2.05) is 18.2 Å². The topological polar surface area (TPSA) is 81.8 Å². The lowest BCUT2D eigenvalue weighted by molar-refractivity contribution is 0.0535. The fourth-order valence-electron chi connectivity index (χ4n) is 3.64. The predicted molar refractivity (Wildman–Crippen MR) is 129 cm³/mol. The van der Waals surface area contributed by atoms with Gasteiger partial charge in [0.25, 0.3) is 11.8 Å². The summed E-state index contributed by atoms with van der Waals surface area (Å²) in [5.74, 6) is -0.955. The van der Waals surface area contributed by atoms with Crippen LogP contribution in [0.3, 0.4) is 0 Å². The van der Waals surface area contributed by atoms with Crippen molar-refractivity contribution in [3.8, 4) is 0 Å². The summed E-state index contributed by atoms with van der Waals surface area (Å²) in [5, 5.41) is 5.52. The second kappa shape index (κ2) is 10.4. The maximum atomic E-state index is 13.3. The Hall–Kier alpha value is -3.91. The smallest absolute Gasteiger partial charge is 0.323 e. The van der Waals surface area contributed by atoms with Gasteiger partial charge in [0.15, 0.2) is 0 Å². The molecule has 0 spiro atoms. The van der Waals surface area contributed by atoms with Gasteiger partial charge in [0.05, 0.1) is 10.6 Å². The Kier molecular flexibility index (Phi) is 7.08. The molecule has 9 heteroatoms. The van der Waals surface area contributed by atoms with Gasteiger partial charge in [-0.3, -0.25) is 9.59 Å². The molecule has 1 heterocycles. The van der Waals surface area contributed by atoms with Crippen LogP contribution in [0.4, 0.5) is 20.6 Å². The number of carbonyl (C=O) groups is 3. The molecule has 0 unspecified atom stereocenters. The number of anilines is 2. The van der Waals surface area contributed by atoms with E-state index in [0.717, 1.165) is 6.07 Å². The summed E-state index contributed by atoms with van der Waals surface area (Å²) >= 11 is 6.01. The van der Waals surface area contributed by atoms with Gasteiger partial charge < -0.3 is 20.4 Å². The van der Waals surface area contributed by atoms with Crippen molar-refractivity contribution in [1.82, 2.24) is 9.80 Å². The summed E-state index contributed by atoms with van der Waals surface area (Å²) < 4.78 is 13.3. The van der Waals surface area contributed by atoms with Gasteiger partial charge in [0, 0.05) is 43.1 Å². The maximum absolute atomic E-state index is 13.3. The second-order valence-electron chi connectivity index (χ2n) is 7.73. The number of para-hydroxylation sites is 1. The standard InChI is InChI=1S/C25H22ClFN4O3/c26-22-16-18(27)8-11-21(22)24(33)31-14-12-30(13-15-31)23(32)17-6-9-20(10-7-17)29-25(34)28-19-4-2-1-3-5-19/h1-11,16H,12-15H2,(H2,28,29,34). The highest BCUT2D eigenvalue weighted by Crippen LogP contribution is 2.20. The monoisotopic (exact) mass is 480 g/mol. The van der Waals surface area contributed by atoms with Crippen molar-refractivity contribution in [3.63, 3.8) is 0 Å². The molecule has 4 amide bonds. The summed E-state index contributed by atoms with van der Waals surface area (Å²) in [4.78, 5) is 41.0. The van der Waals surface area contributed by atoms with Crippen molar-refractivity contribution < 1.29 is 18.8 Å². The lowest BCUT2D eigenvalue weighted by Crippen LogP contribution is -2.50. The van der Waals surface area contributed by atoms with Crippen LogP contribution in [0.2, 0.25) is 5.02 Å². The van der Waals surface area contributed by atoms with Gasteiger partial charge in [0.1, 0.15) is 5.82 Å². The summed E-state index contributed by atoms with van der Waals surface area (Å²) in [6.45, 7) is 1.42. The van der Waals surface area contributed by atoms with Gasteiger partial charge in [0.2, 0.25) is 0 Å². The van der Waals surface area contributed by atoms with Crippen molar-refractivity contribution in [2.75, 3.05) is 36.8 Å². The van der Waals surface area contributed by atoms with Crippen LogP contribution in [0.5, 0.6) is 0 Å². The molecule has 3 aromatic carbocycles. The summed E-state index contributed by atoms with van der Waals surface area (Å²) in [6.07, 6.45) is 0. The van der Waals surface area contributed by atoms with Gasteiger partial charge in [-0.2, -0.15) is 0 Å². The Morgan fingerprint density at radius 3 is 1.88 bits per heavy atom. The third-order valence-corrected chi connectivity index (χ3v) is 5.75. The molecular weight excluding hydrogens is 459 g/mol. The third-order valence-electron chi connectivity index (χ3n) is 5.44. The molecular formula is C25H22ClFN4O3. The molecule has 1 saturated heterocycles. The Balaban J connectivity index is 1.30. The Labute approximate surface area is 201 Å². The lowest BCUT2D eigenvalue weighted by Gasteiger charge is -2.35. The molecule has 0 bridgehead atoms. The molecule has 0 aliphatic carbocycles. The van der Waals surface area contributed by atoms with Gasteiger partial charge in [-0.15, -0.1) is 0 Å². The minimum atomic E-state index is -0.505. The SMILES string of the molecule is O=C(Nc1ccccc1)Nc1ccc(C(=O)N2CCN(C(=O)c3ccc(F)cc3Cl)CC2)cc1. The van der Waals surface area contributed by atoms with Crippen LogP contribution < -0.4 is 10.6 Å². The van der Waals surface area contributed by atoms with Crippen LogP contribution in [0.1, 0.15) is 20.7 Å². The van der Waals surface area contributed by atoms with E-state index in [1.54, 1.807) is 46.2 Å². The highest BCUT2D eigenvalue weighted by molar-refractivity contribution is 6.33. The molecule has 0 radical (unpaired) electrons. The number of rotatable bonds is 4. The number of hydrogen-bond donors (Lipinski definition) is 2.